The fourth-order valence-corrected chi connectivity index (χ4v) is 3.63. The monoisotopic (exact) mass is 389 g/mol. The van der Waals surface area contributed by atoms with Crippen molar-refractivity contribution in [1.29, 1.82) is 0 Å². The molecule has 1 aliphatic rings. The molecule has 28 heavy (non-hydrogen) atoms. The number of rotatable bonds is 7. The van der Waals surface area contributed by atoms with E-state index in [1.54, 1.807) is 18.3 Å². The van der Waals surface area contributed by atoms with E-state index in [9.17, 15) is 14.0 Å². The maximum Gasteiger partial charge on any atom is 0.331 e. The van der Waals surface area contributed by atoms with Crippen molar-refractivity contribution in [3.05, 3.63) is 48.4 Å². The lowest BCUT2D eigenvalue weighted by atomic mass is 10.0. The molecule has 1 aromatic carbocycles. The number of likely N-dealkylation sites (tertiary alicyclic amines) is 1. The summed E-state index contributed by atoms with van der Waals surface area (Å²) in [4.78, 5) is 29.7. The molecule has 0 spiro atoms. The maximum atomic E-state index is 13.6. The first-order valence-corrected chi connectivity index (χ1v) is 9.08. The van der Waals surface area contributed by atoms with Crippen molar-refractivity contribution in [2.75, 3.05) is 20.3 Å². The molecule has 2 heterocycles. The Hall–Kier alpha value is -2.71. The Morgan fingerprint density at radius 3 is 3.00 bits per heavy atom. The highest BCUT2D eigenvalue weighted by molar-refractivity contribution is 5.90. The molecule has 0 saturated carbocycles. The Labute approximate surface area is 162 Å². The third-order valence-electron chi connectivity index (χ3n) is 4.98. The van der Waals surface area contributed by atoms with Crippen LogP contribution in [0.1, 0.15) is 12.0 Å². The number of nitrogens with zero attached hydrogens (tertiary/aromatic N) is 1. The van der Waals surface area contributed by atoms with Crippen molar-refractivity contribution in [2.45, 2.75) is 31.0 Å². The molecular formula is C20H24FN3O4. The van der Waals surface area contributed by atoms with Gasteiger partial charge in [-0.2, -0.15) is 0 Å². The summed E-state index contributed by atoms with van der Waals surface area (Å²) in [6.45, 7) is 4.21. The van der Waals surface area contributed by atoms with Crippen LogP contribution in [0, 0.1) is 5.82 Å². The molecule has 0 radical (unpaired) electrons. The van der Waals surface area contributed by atoms with Gasteiger partial charge in [-0.3, -0.25) is 4.79 Å². The molecule has 1 fully saturated rings. The zero-order valence-corrected chi connectivity index (χ0v) is 15.7. The molecule has 1 amide bonds. The van der Waals surface area contributed by atoms with Crippen molar-refractivity contribution < 1.29 is 23.5 Å². The van der Waals surface area contributed by atoms with Gasteiger partial charge in [-0.25, -0.2) is 9.18 Å². The largest absolute Gasteiger partial charge is 0.467 e. The van der Waals surface area contributed by atoms with Gasteiger partial charge in [0.25, 0.3) is 0 Å². The van der Waals surface area contributed by atoms with Crippen molar-refractivity contribution in [3.63, 3.8) is 0 Å². The van der Waals surface area contributed by atoms with Crippen LogP contribution in [0.2, 0.25) is 0 Å². The van der Waals surface area contributed by atoms with E-state index in [0.717, 1.165) is 11.1 Å². The standard InChI is InChI=1S/C20H24FN3O4/c1-3-8-28-17-6-7-24(18(17)20(26)27-2)19(25)15(22)9-12-11-23-16-5-4-13(21)10-14(12)16/h3-5,10-11,15,17-18,23H,1,6-9,22H2,2H3/t15-,17-,18-/m0/s1. The number of nitrogens with one attached hydrogen (secondary N) is 1. The van der Waals surface area contributed by atoms with Crippen LogP contribution < -0.4 is 5.73 Å². The normalized spacial score (nSPS) is 20.3. The second kappa shape index (κ2) is 8.53. The van der Waals surface area contributed by atoms with Gasteiger partial charge in [0.05, 0.1) is 25.9 Å². The van der Waals surface area contributed by atoms with Crippen LogP contribution >= 0.6 is 0 Å². The molecule has 0 unspecified atom stereocenters. The maximum absolute atomic E-state index is 13.6. The Morgan fingerprint density at radius 2 is 2.29 bits per heavy atom. The van der Waals surface area contributed by atoms with Gasteiger partial charge in [-0.05, 0) is 36.6 Å². The number of amides is 1. The van der Waals surface area contributed by atoms with Gasteiger partial charge in [0.1, 0.15) is 5.82 Å². The molecular weight excluding hydrogens is 365 g/mol. The number of aromatic nitrogens is 1. The zero-order chi connectivity index (χ0) is 20.3. The molecule has 2 aromatic rings. The lowest BCUT2D eigenvalue weighted by Gasteiger charge is -2.28. The van der Waals surface area contributed by atoms with Crippen molar-refractivity contribution in [2.24, 2.45) is 5.73 Å². The summed E-state index contributed by atoms with van der Waals surface area (Å²) in [5.74, 6) is -1.27. The summed E-state index contributed by atoms with van der Waals surface area (Å²) < 4.78 is 24.0. The first-order valence-electron chi connectivity index (χ1n) is 9.08. The van der Waals surface area contributed by atoms with Crippen molar-refractivity contribution in [1.82, 2.24) is 9.88 Å². The Bertz CT molecular complexity index is 881. The Morgan fingerprint density at radius 1 is 1.50 bits per heavy atom. The highest BCUT2D eigenvalue weighted by atomic mass is 19.1. The minimum absolute atomic E-state index is 0.213. The topological polar surface area (TPSA) is 97.6 Å². The average Bonchev–Trinajstić information content (AvgIpc) is 3.29. The van der Waals surface area contributed by atoms with Crippen LogP contribution in [0.5, 0.6) is 0 Å². The predicted octanol–water partition coefficient (Wildman–Crippen LogP) is 1.52. The minimum atomic E-state index is -0.882. The number of halogens is 1. The molecule has 150 valence electrons. The van der Waals surface area contributed by atoms with E-state index in [1.807, 2.05) is 0 Å². The number of benzene rings is 1. The Kier molecular flexibility index (Phi) is 6.11. The van der Waals surface area contributed by atoms with Gasteiger partial charge in [0.15, 0.2) is 6.04 Å². The highest BCUT2D eigenvalue weighted by Crippen LogP contribution is 2.25. The van der Waals surface area contributed by atoms with Crippen LogP contribution in [-0.4, -0.2) is 60.2 Å². The fraction of sp³-hybridized carbons (Fsp3) is 0.400. The Balaban J connectivity index is 1.76. The van der Waals surface area contributed by atoms with E-state index < -0.39 is 24.2 Å². The second-order valence-corrected chi connectivity index (χ2v) is 6.76. The van der Waals surface area contributed by atoms with Gasteiger partial charge in [-0.15, -0.1) is 6.58 Å². The number of nitrogens with two attached hydrogens (primary N) is 1. The highest BCUT2D eigenvalue weighted by Gasteiger charge is 2.44. The number of ether oxygens (including phenoxy) is 2. The SMILES string of the molecule is C=CCO[C@H]1CCN(C(=O)[C@@H](N)Cc2c[nH]c3ccc(F)cc23)[C@@H]1C(=O)OC. The third-order valence-corrected chi connectivity index (χ3v) is 4.98. The lowest BCUT2D eigenvalue weighted by Crippen LogP contribution is -2.52. The van der Waals surface area contributed by atoms with Crippen molar-refractivity contribution in [3.8, 4) is 0 Å². The van der Waals surface area contributed by atoms with Crippen LogP contribution in [-0.2, 0) is 25.5 Å². The smallest absolute Gasteiger partial charge is 0.331 e. The van der Waals surface area contributed by atoms with E-state index in [2.05, 4.69) is 11.6 Å². The zero-order valence-electron chi connectivity index (χ0n) is 15.7. The van der Waals surface area contributed by atoms with Crippen LogP contribution in [0.3, 0.4) is 0 Å². The fourth-order valence-electron chi connectivity index (χ4n) is 3.63. The van der Waals surface area contributed by atoms with E-state index >= 15 is 0 Å². The molecule has 1 aliphatic heterocycles. The lowest BCUT2D eigenvalue weighted by molar-refractivity contribution is -0.155. The average molecular weight is 389 g/mol. The van der Waals surface area contributed by atoms with E-state index in [4.69, 9.17) is 15.2 Å². The number of hydrogen-bond donors (Lipinski definition) is 2. The number of aromatic amines is 1. The number of H-pyrrole nitrogens is 1. The van der Waals surface area contributed by atoms with Gasteiger partial charge >= 0.3 is 5.97 Å². The number of carbonyl (C=O) groups is 2. The van der Waals surface area contributed by atoms with Gasteiger partial charge < -0.3 is 25.1 Å². The molecule has 8 heteroatoms. The summed E-state index contributed by atoms with van der Waals surface area (Å²) in [5.41, 5.74) is 7.66. The molecule has 3 N–H and O–H groups in total. The van der Waals surface area contributed by atoms with Gasteiger partial charge in [0.2, 0.25) is 5.91 Å². The molecule has 7 nitrogen and oxygen atoms in total. The number of fused-ring (bicyclic) bond motifs is 1. The van der Waals surface area contributed by atoms with Crippen LogP contribution in [0.25, 0.3) is 10.9 Å². The number of carbonyl (C=O) groups excluding carboxylic acids is 2. The van der Waals surface area contributed by atoms with Gasteiger partial charge in [-0.1, -0.05) is 6.08 Å². The molecule has 1 aromatic heterocycles. The quantitative estimate of drug-likeness (QED) is 0.553. The van der Waals surface area contributed by atoms with E-state index in [0.29, 0.717) is 18.4 Å². The molecule has 3 atom stereocenters. The summed E-state index contributed by atoms with van der Waals surface area (Å²) in [7, 11) is 1.27. The first kappa shape index (κ1) is 20.0. The number of methoxy groups -OCH3 is 1. The molecule has 0 bridgehead atoms. The van der Waals surface area contributed by atoms with E-state index in [-0.39, 0.29) is 24.8 Å². The summed E-state index contributed by atoms with van der Waals surface area (Å²) >= 11 is 0. The van der Waals surface area contributed by atoms with Crippen molar-refractivity contribution >= 4 is 22.8 Å². The first-order chi connectivity index (χ1) is 13.5. The predicted molar refractivity (Wildman–Crippen MR) is 102 cm³/mol. The molecule has 0 aliphatic carbocycles. The number of hydrogen-bond acceptors (Lipinski definition) is 5. The summed E-state index contributed by atoms with van der Waals surface area (Å²) in [6.07, 6.45) is 3.55. The minimum Gasteiger partial charge on any atom is -0.467 e. The molecule has 1 saturated heterocycles. The van der Waals surface area contributed by atoms with E-state index in [1.165, 1.54) is 24.1 Å². The van der Waals surface area contributed by atoms with Crippen LogP contribution in [0.15, 0.2) is 37.1 Å². The van der Waals surface area contributed by atoms with Crippen LogP contribution in [0.4, 0.5) is 4.39 Å². The third kappa shape index (κ3) is 3.93. The second-order valence-electron chi connectivity index (χ2n) is 6.76. The number of esters is 1. The molecule has 3 rings (SSSR count). The van der Waals surface area contributed by atoms with Gasteiger partial charge in [0, 0.05) is 23.6 Å². The summed E-state index contributed by atoms with van der Waals surface area (Å²) in [6, 6.07) is 2.68. The summed E-state index contributed by atoms with van der Waals surface area (Å²) in [5, 5.41) is 0.682.